The first-order valence-electron chi connectivity index (χ1n) is 13.3. The average molecular weight is 511 g/mol. The molecule has 4 heterocycles. The van der Waals surface area contributed by atoms with Crippen LogP contribution >= 0.6 is 0 Å². The zero-order valence-corrected chi connectivity index (χ0v) is 22.2. The number of methoxy groups -OCH3 is 1. The van der Waals surface area contributed by atoms with Gasteiger partial charge in [-0.05, 0) is 44.4 Å². The molecule has 2 aromatic carbocycles. The molecule has 0 radical (unpaired) electrons. The second kappa shape index (κ2) is 10.5. The van der Waals surface area contributed by atoms with Gasteiger partial charge in [-0.25, -0.2) is 9.97 Å². The second-order valence-electron chi connectivity index (χ2n) is 10.0. The molecular formula is C29H34N8O. The lowest BCUT2D eigenvalue weighted by atomic mass is 10.1. The third kappa shape index (κ3) is 4.63. The fraction of sp³-hybridized carbons (Fsp3) is 0.379. The molecule has 196 valence electrons. The van der Waals surface area contributed by atoms with E-state index >= 15 is 0 Å². The van der Waals surface area contributed by atoms with Crippen molar-refractivity contribution in [1.29, 1.82) is 0 Å². The van der Waals surface area contributed by atoms with Gasteiger partial charge in [-0.1, -0.05) is 42.5 Å². The number of nitrogens with zero attached hydrogens (tertiary/aromatic N) is 7. The van der Waals surface area contributed by atoms with Gasteiger partial charge < -0.3 is 19.5 Å². The maximum absolute atomic E-state index is 5.26. The summed E-state index contributed by atoms with van der Waals surface area (Å²) >= 11 is 0. The van der Waals surface area contributed by atoms with Gasteiger partial charge in [-0.2, -0.15) is 0 Å². The van der Waals surface area contributed by atoms with Crippen molar-refractivity contribution in [1.82, 2.24) is 34.0 Å². The Morgan fingerprint density at radius 1 is 1.00 bits per heavy atom. The normalized spacial score (nSPS) is 15.9. The number of fused-ring (bicyclic) bond motifs is 2. The summed E-state index contributed by atoms with van der Waals surface area (Å²) in [6.07, 6.45) is 4.09. The van der Waals surface area contributed by atoms with Crippen LogP contribution in [0.1, 0.15) is 37.2 Å². The van der Waals surface area contributed by atoms with Crippen molar-refractivity contribution >= 4 is 22.5 Å². The molecule has 5 aromatic rings. The molecule has 0 aliphatic carbocycles. The highest BCUT2D eigenvalue weighted by molar-refractivity contribution is 5.81. The maximum Gasteiger partial charge on any atom is 0.203 e. The van der Waals surface area contributed by atoms with Crippen molar-refractivity contribution in [3.05, 3.63) is 72.2 Å². The van der Waals surface area contributed by atoms with E-state index in [0.29, 0.717) is 6.04 Å². The van der Waals surface area contributed by atoms with Gasteiger partial charge in [0, 0.05) is 39.0 Å². The standard InChI is InChI=1S/C29H34N8O/c1-20(22-9-5-4-6-10-22)37-26-12-8-7-11-24(26)32-28(37)25-19-36-21(2)33-34-29(36)27(31-25)30-23-13-15-35(16-14-23)17-18-38-3/h4-12,19-20,23H,13-18H2,1-3H3,(H,30,31). The summed E-state index contributed by atoms with van der Waals surface area (Å²) in [5.41, 5.74) is 4.79. The minimum atomic E-state index is 0.0749. The number of benzene rings is 2. The highest BCUT2D eigenvalue weighted by Crippen LogP contribution is 2.32. The Bertz CT molecular complexity index is 1530. The second-order valence-corrected chi connectivity index (χ2v) is 10.0. The largest absolute Gasteiger partial charge is 0.383 e. The number of rotatable bonds is 8. The van der Waals surface area contributed by atoms with Gasteiger partial charge in [0.25, 0.3) is 0 Å². The number of anilines is 1. The fourth-order valence-electron chi connectivity index (χ4n) is 5.42. The van der Waals surface area contributed by atoms with E-state index in [1.54, 1.807) is 7.11 Å². The number of likely N-dealkylation sites (tertiary alicyclic amines) is 1. The number of imidazole rings is 1. The Kier molecular flexibility index (Phi) is 6.78. The maximum atomic E-state index is 5.26. The Morgan fingerprint density at radius 2 is 1.76 bits per heavy atom. The van der Waals surface area contributed by atoms with Crippen LogP contribution in [0.4, 0.5) is 5.82 Å². The number of piperidine rings is 1. The van der Waals surface area contributed by atoms with Crippen LogP contribution in [0, 0.1) is 6.92 Å². The van der Waals surface area contributed by atoms with Crippen LogP contribution in [0.5, 0.6) is 0 Å². The van der Waals surface area contributed by atoms with Crippen LogP contribution in [-0.4, -0.2) is 73.4 Å². The van der Waals surface area contributed by atoms with E-state index in [-0.39, 0.29) is 6.04 Å². The fourth-order valence-corrected chi connectivity index (χ4v) is 5.42. The van der Waals surface area contributed by atoms with Gasteiger partial charge in [0.1, 0.15) is 11.5 Å². The third-order valence-electron chi connectivity index (χ3n) is 7.60. The highest BCUT2D eigenvalue weighted by Gasteiger charge is 2.24. The monoisotopic (exact) mass is 510 g/mol. The average Bonchev–Trinajstić information content (AvgIpc) is 3.53. The molecule has 1 atom stereocenters. The molecule has 0 saturated carbocycles. The van der Waals surface area contributed by atoms with E-state index in [9.17, 15) is 0 Å². The SMILES string of the molecule is COCCN1CCC(Nc2nc(-c3nc4ccccc4n3C(C)c3ccccc3)cn3c(C)nnc23)CC1. The molecule has 0 amide bonds. The zero-order chi connectivity index (χ0) is 26.1. The summed E-state index contributed by atoms with van der Waals surface area (Å²) in [6.45, 7) is 7.99. The minimum absolute atomic E-state index is 0.0749. The smallest absolute Gasteiger partial charge is 0.203 e. The van der Waals surface area contributed by atoms with Crippen molar-refractivity contribution in [2.45, 2.75) is 38.8 Å². The van der Waals surface area contributed by atoms with E-state index in [1.807, 2.05) is 29.7 Å². The molecule has 0 bridgehead atoms. The first-order chi connectivity index (χ1) is 18.6. The highest BCUT2D eigenvalue weighted by atomic mass is 16.5. The number of hydrogen-bond donors (Lipinski definition) is 1. The number of nitrogens with one attached hydrogen (secondary N) is 1. The van der Waals surface area contributed by atoms with E-state index in [0.717, 1.165) is 78.9 Å². The van der Waals surface area contributed by atoms with Crippen LogP contribution in [0.25, 0.3) is 28.2 Å². The number of aromatic nitrogens is 6. The Labute approximate surface area is 222 Å². The molecule has 9 heteroatoms. The molecule has 38 heavy (non-hydrogen) atoms. The predicted molar refractivity (Wildman–Crippen MR) is 149 cm³/mol. The molecule has 9 nitrogen and oxygen atoms in total. The van der Waals surface area contributed by atoms with Gasteiger partial charge in [0.2, 0.25) is 5.65 Å². The van der Waals surface area contributed by atoms with Crippen molar-refractivity contribution in [3.63, 3.8) is 0 Å². The van der Waals surface area contributed by atoms with Gasteiger partial charge in [0.15, 0.2) is 11.6 Å². The molecule has 1 fully saturated rings. The Hall–Kier alpha value is -3.82. The molecule has 3 aromatic heterocycles. The third-order valence-corrected chi connectivity index (χ3v) is 7.60. The molecule has 1 N–H and O–H groups in total. The molecule has 0 spiro atoms. The van der Waals surface area contributed by atoms with Crippen molar-refractivity contribution < 1.29 is 4.74 Å². The van der Waals surface area contributed by atoms with Crippen molar-refractivity contribution in [2.75, 3.05) is 38.7 Å². The first kappa shape index (κ1) is 24.5. The number of aryl methyl sites for hydroxylation is 1. The summed E-state index contributed by atoms with van der Waals surface area (Å²) in [6, 6.07) is 19.2. The summed E-state index contributed by atoms with van der Waals surface area (Å²) in [7, 11) is 1.76. The first-order valence-corrected chi connectivity index (χ1v) is 13.3. The lowest BCUT2D eigenvalue weighted by molar-refractivity contribution is 0.132. The summed E-state index contributed by atoms with van der Waals surface area (Å²) in [4.78, 5) is 12.7. The lowest BCUT2D eigenvalue weighted by Gasteiger charge is -2.32. The molecule has 1 aliphatic heterocycles. The quantitative estimate of drug-likeness (QED) is 0.327. The number of para-hydroxylation sites is 2. The van der Waals surface area contributed by atoms with E-state index in [2.05, 4.69) is 74.4 Å². The van der Waals surface area contributed by atoms with Crippen LogP contribution in [0.2, 0.25) is 0 Å². The topological polar surface area (TPSA) is 85.4 Å². The molecule has 1 saturated heterocycles. The predicted octanol–water partition coefficient (Wildman–Crippen LogP) is 4.58. The van der Waals surface area contributed by atoms with E-state index < -0.39 is 0 Å². The van der Waals surface area contributed by atoms with Crippen molar-refractivity contribution in [3.8, 4) is 11.5 Å². The van der Waals surface area contributed by atoms with E-state index in [1.165, 1.54) is 5.56 Å². The summed E-state index contributed by atoms with van der Waals surface area (Å²) < 4.78 is 9.57. The van der Waals surface area contributed by atoms with Crippen molar-refractivity contribution in [2.24, 2.45) is 0 Å². The van der Waals surface area contributed by atoms with Gasteiger partial charge >= 0.3 is 0 Å². The Morgan fingerprint density at radius 3 is 2.55 bits per heavy atom. The number of hydrogen-bond acceptors (Lipinski definition) is 7. The molecule has 1 unspecified atom stereocenters. The number of ether oxygens (including phenoxy) is 1. The Balaban J connectivity index is 1.40. The van der Waals surface area contributed by atoms with Gasteiger partial charge in [0.05, 0.1) is 23.7 Å². The molecular weight excluding hydrogens is 476 g/mol. The lowest BCUT2D eigenvalue weighted by Crippen LogP contribution is -2.40. The van der Waals surface area contributed by atoms with Crippen LogP contribution in [0.15, 0.2) is 60.8 Å². The van der Waals surface area contributed by atoms with E-state index in [4.69, 9.17) is 14.7 Å². The summed E-state index contributed by atoms with van der Waals surface area (Å²) in [5, 5.41) is 12.5. The van der Waals surface area contributed by atoms with Crippen LogP contribution < -0.4 is 5.32 Å². The minimum Gasteiger partial charge on any atom is -0.383 e. The molecule has 6 rings (SSSR count). The van der Waals surface area contributed by atoms with Crippen LogP contribution in [-0.2, 0) is 4.74 Å². The molecule has 1 aliphatic rings. The summed E-state index contributed by atoms with van der Waals surface area (Å²) in [5.74, 6) is 2.40. The zero-order valence-electron chi connectivity index (χ0n) is 22.2. The van der Waals surface area contributed by atoms with Crippen LogP contribution in [0.3, 0.4) is 0 Å². The van der Waals surface area contributed by atoms with Gasteiger partial charge in [-0.3, -0.25) is 4.40 Å². The van der Waals surface area contributed by atoms with Gasteiger partial charge in [-0.15, -0.1) is 10.2 Å².